The summed E-state index contributed by atoms with van der Waals surface area (Å²) >= 11 is 0. The van der Waals surface area contributed by atoms with E-state index in [1.165, 1.54) is 0 Å². The summed E-state index contributed by atoms with van der Waals surface area (Å²) in [5.74, 6) is 0.796. The summed E-state index contributed by atoms with van der Waals surface area (Å²) in [6.07, 6.45) is 1.62. The third-order valence-electron chi connectivity index (χ3n) is 5.19. The molecule has 3 aromatic rings. The molecule has 28 heavy (non-hydrogen) atoms. The van der Waals surface area contributed by atoms with Crippen LogP contribution in [0.1, 0.15) is 39.8 Å². The molecule has 1 saturated heterocycles. The van der Waals surface area contributed by atoms with Crippen LogP contribution in [0.3, 0.4) is 0 Å². The molecule has 146 valence electrons. The summed E-state index contributed by atoms with van der Waals surface area (Å²) in [6, 6.07) is 12.7. The van der Waals surface area contributed by atoms with Gasteiger partial charge in [-0.05, 0) is 37.2 Å². The van der Waals surface area contributed by atoms with Crippen LogP contribution in [0.15, 0.2) is 46.9 Å². The number of hydrogen-bond donors (Lipinski definition) is 3. The second-order valence-corrected chi connectivity index (χ2v) is 7.13. The summed E-state index contributed by atoms with van der Waals surface area (Å²) in [4.78, 5) is 13.7. The van der Waals surface area contributed by atoms with Gasteiger partial charge in [-0.3, -0.25) is 10.00 Å². The maximum atomic E-state index is 11.4. The molecular formula is C21H23N3O4. The highest BCUT2D eigenvalue weighted by atomic mass is 16.4. The first kappa shape index (κ1) is 18.5. The Balaban J connectivity index is 1.42. The van der Waals surface area contributed by atoms with Crippen LogP contribution >= 0.6 is 0 Å². The second kappa shape index (κ2) is 8.00. The maximum absolute atomic E-state index is 11.4. The van der Waals surface area contributed by atoms with Crippen LogP contribution in [-0.2, 0) is 13.0 Å². The standard InChI is InChI=1S/C21H23N3O4/c25-10-8-15-11-19(23-22-15)14-7-9-24(12-14)13-16-5-6-20(28-16)17-3-1-2-4-18(17)21(26)27/h1-6,11,14,25H,7-10,12-13H2,(H,22,23)(H,26,27)/t14-/m1/s1. The van der Waals surface area contributed by atoms with Crippen molar-refractivity contribution in [2.24, 2.45) is 0 Å². The summed E-state index contributed by atoms with van der Waals surface area (Å²) in [5, 5.41) is 25.8. The lowest BCUT2D eigenvalue weighted by atomic mass is 10.0. The summed E-state index contributed by atoms with van der Waals surface area (Å²) < 4.78 is 5.94. The van der Waals surface area contributed by atoms with Crippen LogP contribution < -0.4 is 0 Å². The zero-order valence-corrected chi connectivity index (χ0v) is 15.5. The lowest BCUT2D eigenvalue weighted by Crippen LogP contribution is -2.19. The van der Waals surface area contributed by atoms with Crippen molar-refractivity contribution in [1.29, 1.82) is 0 Å². The number of aromatic nitrogens is 2. The number of likely N-dealkylation sites (tertiary alicyclic amines) is 1. The quantitative estimate of drug-likeness (QED) is 0.582. The van der Waals surface area contributed by atoms with E-state index in [0.29, 0.717) is 30.2 Å². The van der Waals surface area contributed by atoms with Gasteiger partial charge >= 0.3 is 5.97 Å². The van der Waals surface area contributed by atoms with Crippen molar-refractivity contribution in [1.82, 2.24) is 15.1 Å². The number of aromatic carboxylic acids is 1. The van der Waals surface area contributed by atoms with Crippen molar-refractivity contribution in [3.8, 4) is 11.3 Å². The third-order valence-corrected chi connectivity index (χ3v) is 5.19. The molecule has 3 N–H and O–H groups in total. The number of aliphatic hydroxyl groups excluding tert-OH is 1. The summed E-state index contributed by atoms with van der Waals surface area (Å²) in [6.45, 7) is 2.64. The minimum atomic E-state index is -0.962. The molecule has 0 aliphatic carbocycles. The topological polar surface area (TPSA) is 103 Å². The molecule has 7 nitrogen and oxygen atoms in total. The maximum Gasteiger partial charge on any atom is 0.336 e. The number of furan rings is 1. The van der Waals surface area contributed by atoms with Gasteiger partial charge in [0.25, 0.3) is 0 Å². The molecule has 0 radical (unpaired) electrons. The van der Waals surface area contributed by atoms with Crippen LogP contribution in [0.5, 0.6) is 0 Å². The van der Waals surface area contributed by atoms with Crippen molar-refractivity contribution in [3.63, 3.8) is 0 Å². The Morgan fingerprint density at radius 3 is 2.96 bits per heavy atom. The van der Waals surface area contributed by atoms with Crippen molar-refractivity contribution in [2.45, 2.75) is 25.3 Å². The SMILES string of the molecule is O=C(O)c1ccccc1-c1ccc(CN2CC[C@@H](c3cc(CCO)[nH]n3)C2)o1. The summed E-state index contributed by atoms with van der Waals surface area (Å²) in [5.41, 5.74) is 2.83. The average Bonchev–Trinajstić information content (AvgIpc) is 3.43. The Bertz CT molecular complexity index is 962. The number of aromatic amines is 1. The van der Waals surface area contributed by atoms with Crippen LogP contribution in [0.25, 0.3) is 11.3 Å². The number of hydrogen-bond acceptors (Lipinski definition) is 5. The van der Waals surface area contributed by atoms with E-state index >= 15 is 0 Å². The van der Waals surface area contributed by atoms with Crippen LogP contribution in [0.2, 0.25) is 0 Å². The first-order valence-corrected chi connectivity index (χ1v) is 9.43. The first-order valence-electron chi connectivity index (χ1n) is 9.43. The Labute approximate surface area is 162 Å². The fourth-order valence-electron chi connectivity index (χ4n) is 3.77. The van der Waals surface area contributed by atoms with Crippen molar-refractivity contribution in [3.05, 3.63) is 65.2 Å². The molecule has 1 aromatic carbocycles. The largest absolute Gasteiger partial charge is 0.478 e. The summed E-state index contributed by atoms with van der Waals surface area (Å²) in [7, 11) is 0. The van der Waals surface area contributed by atoms with Crippen LogP contribution in [-0.4, -0.2) is 51.0 Å². The predicted octanol–water partition coefficient (Wildman–Crippen LogP) is 2.89. The van der Waals surface area contributed by atoms with Gasteiger partial charge in [0.2, 0.25) is 0 Å². The van der Waals surface area contributed by atoms with E-state index in [2.05, 4.69) is 15.1 Å². The highest BCUT2D eigenvalue weighted by Crippen LogP contribution is 2.30. The minimum Gasteiger partial charge on any atom is -0.478 e. The van der Waals surface area contributed by atoms with E-state index in [1.807, 2.05) is 24.3 Å². The van der Waals surface area contributed by atoms with Gasteiger partial charge in [0, 0.05) is 36.7 Å². The molecule has 1 atom stereocenters. The molecule has 0 unspecified atom stereocenters. The molecule has 4 rings (SSSR count). The lowest BCUT2D eigenvalue weighted by Gasteiger charge is -2.13. The van der Waals surface area contributed by atoms with Gasteiger partial charge < -0.3 is 14.6 Å². The number of nitrogens with zero attached hydrogens (tertiary/aromatic N) is 2. The highest BCUT2D eigenvalue weighted by Gasteiger charge is 2.26. The number of nitrogens with one attached hydrogen (secondary N) is 1. The molecule has 0 bridgehead atoms. The molecule has 3 heterocycles. The number of carboxylic acid groups (broad SMARTS) is 1. The Morgan fingerprint density at radius 1 is 1.29 bits per heavy atom. The molecule has 1 aliphatic rings. The van der Waals surface area contributed by atoms with E-state index < -0.39 is 5.97 Å². The van der Waals surface area contributed by atoms with E-state index in [0.717, 1.165) is 36.7 Å². The molecule has 1 fully saturated rings. The molecule has 0 spiro atoms. The molecule has 0 saturated carbocycles. The van der Waals surface area contributed by atoms with Gasteiger partial charge in [-0.15, -0.1) is 0 Å². The fraction of sp³-hybridized carbons (Fsp3) is 0.333. The first-order chi connectivity index (χ1) is 13.6. The average molecular weight is 381 g/mol. The van der Waals surface area contributed by atoms with Gasteiger partial charge in [0.1, 0.15) is 11.5 Å². The minimum absolute atomic E-state index is 0.115. The van der Waals surface area contributed by atoms with Gasteiger partial charge in [0.05, 0.1) is 17.8 Å². The lowest BCUT2D eigenvalue weighted by molar-refractivity contribution is 0.0697. The number of benzene rings is 1. The zero-order chi connectivity index (χ0) is 19.5. The third kappa shape index (κ3) is 3.85. The molecule has 0 amide bonds. The van der Waals surface area contributed by atoms with Crippen LogP contribution in [0.4, 0.5) is 0 Å². The van der Waals surface area contributed by atoms with Gasteiger partial charge in [-0.25, -0.2) is 4.79 Å². The number of aliphatic hydroxyl groups is 1. The van der Waals surface area contributed by atoms with E-state index in [9.17, 15) is 9.90 Å². The van der Waals surface area contributed by atoms with E-state index in [1.54, 1.807) is 18.2 Å². The molecule has 1 aliphatic heterocycles. The number of carboxylic acids is 1. The molecule has 7 heteroatoms. The number of rotatable bonds is 7. The Kier molecular flexibility index (Phi) is 5.27. The van der Waals surface area contributed by atoms with Crippen molar-refractivity contribution < 1.29 is 19.4 Å². The van der Waals surface area contributed by atoms with Crippen molar-refractivity contribution in [2.75, 3.05) is 19.7 Å². The fourth-order valence-corrected chi connectivity index (χ4v) is 3.77. The molecule has 2 aromatic heterocycles. The smallest absolute Gasteiger partial charge is 0.336 e. The predicted molar refractivity (Wildman–Crippen MR) is 103 cm³/mol. The van der Waals surface area contributed by atoms with Crippen molar-refractivity contribution >= 4 is 5.97 Å². The van der Waals surface area contributed by atoms with E-state index in [-0.39, 0.29) is 12.2 Å². The van der Waals surface area contributed by atoms with Gasteiger partial charge in [-0.1, -0.05) is 18.2 Å². The van der Waals surface area contributed by atoms with E-state index in [4.69, 9.17) is 9.52 Å². The monoisotopic (exact) mass is 381 g/mol. The van der Waals surface area contributed by atoms with Gasteiger partial charge in [-0.2, -0.15) is 5.10 Å². The Hall–Kier alpha value is -2.90. The van der Waals surface area contributed by atoms with Gasteiger partial charge in [0.15, 0.2) is 0 Å². The van der Waals surface area contributed by atoms with Crippen LogP contribution in [0, 0.1) is 0 Å². The molecular weight excluding hydrogens is 358 g/mol. The normalized spacial score (nSPS) is 17.2. The Morgan fingerprint density at radius 2 is 2.14 bits per heavy atom. The highest BCUT2D eigenvalue weighted by molar-refractivity contribution is 5.95. The second-order valence-electron chi connectivity index (χ2n) is 7.13. The number of carbonyl (C=O) groups is 1. The zero-order valence-electron chi connectivity index (χ0n) is 15.5. The number of H-pyrrole nitrogens is 1.